The van der Waals surface area contributed by atoms with Crippen molar-refractivity contribution in [1.29, 1.82) is 0 Å². The fourth-order valence-electron chi connectivity index (χ4n) is 2.94. The van der Waals surface area contributed by atoms with E-state index in [0.29, 0.717) is 12.8 Å². The van der Waals surface area contributed by atoms with Crippen LogP contribution in [0.15, 0.2) is 30.3 Å². The minimum Gasteiger partial charge on any atom is -0.228 e. The molecule has 1 rings (SSSR count). The minimum absolute atomic E-state index is 0.450. The molecule has 0 radical (unpaired) electrons. The van der Waals surface area contributed by atoms with E-state index in [1.807, 2.05) is 30.3 Å². The number of hydrogen-bond acceptors (Lipinski definition) is 2. The van der Waals surface area contributed by atoms with E-state index in [1.54, 1.807) is 0 Å². The van der Waals surface area contributed by atoms with Crippen LogP contribution in [0.3, 0.4) is 0 Å². The highest BCUT2D eigenvalue weighted by Crippen LogP contribution is 2.16. The maximum Gasteiger partial charge on any atom is 0.212 e. The highest BCUT2D eigenvalue weighted by molar-refractivity contribution is 7.89. The first-order valence-electron chi connectivity index (χ1n) is 9.09. The van der Waals surface area contributed by atoms with E-state index in [-0.39, 0.29) is 0 Å². The molecule has 0 saturated heterocycles. The van der Waals surface area contributed by atoms with E-state index in [1.165, 1.54) is 44.9 Å². The van der Waals surface area contributed by atoms with Crippen molar-refractivity contribution in [3.8, 4) is 0 Å². The second-order valence-corrected chi connectivity index (χ2v) is 8.36. The average Bonchev–Trinajstić information content (AvgIpc) is 2.52. The summed E-state index contributed by atoms with van der Waals surface area (Å²) in [5, 5.41) is 4.96. The van der Waals surface area contributed by atoms with E-state index in [4.69, 9.17) is 5.14 Å². The number of unbranched alkanes of at least 4 members (excludes halogenated alkanes) is 8. The summed E-state index contributed by atoms with van der Waals surface area (Å²) in [4.78, 5) is 0. The van der Waals surface area contributed by atoms with Gasteiger partial charge in [0.15, 0.2) is 0 Å². The van der Waals surface area contributed by atoms with Gasteiger partial charge in [-0.1, -0.05) is 95.0 Å². The lowest BCUT2D eigenvalue weighted by Gasteiger charge is -2.14. The molecule has 1 atom stereocenters. The zero-order valence-electron chi connectivity index (χ0n) is 14.5. The normalized spacial score (nSPS) is 13.1. The summed E-state index contributed by atoms with van der Waals surface area (Å²) in [6, 6.07) is 9.75. The number of sulfonamides is 1. The van der Waals surface area contributed by atoms with Gasteiger partial charge in [-0.3, -0.25) is 0 Å². The van der Waals surface area contributed by atoms with Crippen LogP contribution in [0.5, 0.6) is 0 Å². The van der Waals surface area contributed by atoms with E-state index in [0.717, 1.165) is 18.4 Å². The second-order valence-electron chi connectivity index (χ2n) is 6.52. The molecular formula is C19H33NO2S. The smallest absolute Gasteiger partial charge is 0.212 e. The van der Waals surface area contributed by atoms with Crippen LogP contribution in [0.25, 0.3) is 0 Å². The van der Waals surface area contributed by atoms with E-state index in [2.05, 4.69) is 6.92 Å². The Hall–Kier alpha value is -0.870. The zero-order chi connectivity index (χ0) is 17.0. The molecule has 0 amide bonds. The monoisotopic (exact) mass is 339 g/mol. The van der Waals surface area contributed by atoms with Crippen LogP contribution in [-0.4, -0.2) is 13.7 Å². The van der Waals surface area contributed by atoms with E-state index in [9.17, 15) is 8.42 Å². The molecule has 0 bridgehead atoms. The van der Waals surface area contributed by atoms with Crippen LogP contribution in [-0.2, 0) is 16.4 Å². The van der Waals surface area contributed by atoms with Crippen molar-refractivity contribution < 1.29 is 8.42 Å². The Kier molecular flexibility index (Phi) is 10.2. The largest absolute Gasteiger partial charge is 0.228 e. The predicted octanol–water partition coefficient (Wildman–Crippen LogP) is 4.81. The first kappa shape index (κ1) is 20.2. The Balaban J connectivity index is 2.23. The Labute approximate surface area is 142 Å². The fraction of sp³-hybridized carbons (Fsp3) is 0.684. The SMILES string of the molecule is CCCCCCCCCCCC(Cc1ccccc1)S(N)(=O)=O. The highest BCUT2D eigenvalue weighted by Gasteiger charge is 2.21. The van der Waals surface area contributed by atoms with Gasteiger partial charge in [0.1, 0.15) is 0 Å². The Morgan fingerprint density at radius 2 is 1.39 bits per heavy atom. The molecule has 0 heterocycles. The van der Waals surface area contributed by atoms with Crippen LogP contribution in [0, 0.1) is 0 Å². The maximum absolute atomic E-state index is 11.8. The lowest BCUT2D eigenvalue weighted by atomic mass is 10.0. The van der Waals surface area contributed by atoms with E-state index >= 15 is 0 Å². The fourth-order valence-corrected chi connectivity index (χ4v) is 3.86. The Morgan fingerprint density at radius 1 is 0.870 bits per heavy atom. The van der Waals surface area contributed by atoms with Crippen LogP contribution in [0.1, 0.15) is 76.7 Å². The van der Waals surface area contributed by atoms with Gasteiger partial charge < -0.3 is 0 Å². The summed E-state index contributed by atoms with van der Waals surface area (Å²) >= 11 is 0. The van der Waals surface area contributed by atoms with Gasteiger partial charge in [-0.25, -0.2) is 13.6 Å². The summed E-state index contributed by atoms with van der Waals surface area (Å²) in [6.07, 6.45) is 12.3. The van der Waals surface area contributed by atoms with Crippen LogP contribution >= 0.6 is 0 Å². The molecule has 0 aliphatic carbocycles. The molecule has 4 heteroatoms. The number of rotatable bonds is 13. The van der Waals surface area contributed by atoms with Gasteiger partial charge >= 0.3 is 0 Å². The lowest BCUT2D eigenvalue weighted by Crippen LogP contribution is -2.30. The molecule has 2 N–H and O–H groups in total. The van der Waals surface area contributed by atoms with Gasteiger partial charge in [0, 0.05) is 0 Å². The summed E-state index contributed by atoms with van der Waals surface area (Å²) in [5.41, 5.74) is 1.04. The van der Waals surface area contributed by atoms with Crippen molar-refractivity contribution in [3.05, 3.63) is 35.9 Å². The molecule has 23 heavy (non-hydrogen) atoms. The third-order valence-corrected chi connectivity index (χ3v) is 5.73. The molecule has 1 aromatic rings. The molecule has 0 fully saturated rings. The first-order valence-corrected chi connectivity index (χ1v) is 10.7. The third-order valence-electron chi connectivity index (χ3n) is 4.40. The van der Waals surface area contributed by atoms with Crippen molar-refractivity contribution in [2.24, 2.45) is 5.14 Å². The molecular weight excluding hydrogens is 306 g/mol. The van der Waals surface area contributed by atoms with E-state index < -0.39 is 15.3 Å². The van der Waals surface area contributed by atoms with Gasteiger partial charge in [0.25, 0.3) is 0 Å². The summed E-state index contributed by atoms with van der Waals surface area (Å²) in [7, 11) is -3.47. The van der Waals surface area contributed by atoms with Crippen LogP contribution < -0.4 is 5.14 Å². The molecule has 0 saturated carbocycles. The van der Waals surface area contributed by atoms with Crippen LogP contribution in [0.4, 0.5) is 0 Å². The van der Waals surface area contributed by atoms with Crippen molar-refractivity contribution >= 4 is 10.0 Å². The predicted molar refractivity (Wildman–Crippen MR) is 98.9 cm³/mol. The number of hydrogen-bond donors (Lipinski definition) is 1. The summed E-state index contributed by atoms with van der Waals surface area (Å²) in [6.45, 7) is 2.23. The summed E-state index contributed by atoms with van der Waals surface area (Å²) in [5.74, 6) is 0. The van der Waals surface area contributed by atoms with Gasteiger partial charge in [0.2, 0.25) is 10.0 Å². The topological polar surface area (TPSA) is 60.2 Å². The molecule has 132 valence electrons. The van der Waals surface area contributed by atoms with Crippen molar-refractivity contribution in [3.63, 3.8) is 0 Å². The standard InChI is InChI=1S/C19H33NO2S/c1-2-3-4-5-6-7-8-9-13-16-19(23(20,21)22)17-18-14-11-10-12-15-18/h10-12,14-15,19H,2-9,13,16-17H2,1H3,(H2,20,21,22). The number of nitrogens with two attached hydrogens (primary N) is 1. The number of primary sulfonamides is 1. The molecule has 0 aliphatic heterocycles. The zero-order valence-corrected chi connectivity index (χ0v) is 15.4. The minimum atomic E-state index is -3.47. The van der Waals surface area contributed by atoms with Gasteiger partial charge in [0.05, 0.1) is 5.25 Å². The van der Waals surface area contributed by atoms with Gasteiger partial charge in [-0.15, -0.1) is 0 Å². The van der Waals surface area contributed by atoms with Crippen molar-refractivity contribution in [2.75, 3.05) is 0 Å². The van der Waals surface area contributed by atoms with Crippen molar-refractivity contribution in [2.45, 2.75) is 82.8 Å². The average molecular weight is 340 g/mol. The third kappa shape index (κ3) is 9.77. The van der Waals surface area contributed by atoms with Gasteiger partial charge in [-0.2, -0.15) is 0 Å². The first-order chi connectivity index (χ1) is 11.0. The molecule has 1 unspecified atom stereocenters. The Bertz CT molecular complexity index is 499. The molecule has 0 aliphatic rings. The Morgan fingerprint density at radius 3 is 1.91 bits per heavy atom. The molecule has 0 spiro atoms. The van der Waals surface area contributed by atoms with Gasteiger partial charge in [-0.05, 0) is 18.4 Å². The quantitative estimate of drug-likeness (QED) is 0.524. The molecule has 3 nitrogen and oxygen atoms in total. The maximum atomic E-state index is 11.8. The summed E-state index contributed by atoms with van der Waals surface area (Å²) < 4.78 is 23.6. The van der Waals surface area contributed by atoms with Crippen molar-refractivity contribution in [1.82, 2.24) is 0 Å². The lowest BCUT2D eigenvalue weighted by molar-refractivity contribution is 0.535. The number of benzene rings is 1. The second kappa shape index (κ2) is 11.6. The molecule has 0 aromatic heterocycles. The highest BCUT2D eigenvalue weighted by atomic mass is 32.2. The molecule has 1 aromatic carbocycles. The van der Waals surface area contributed by atoms with Crippen LogP contribution in [0.2, 0.25) is 0 Å².